The zero-order chi connectivity index (χ0) is 20.3. The van der Waals surface area contributed by atoms with Gasteiger partial charge in [0.15, 0.2) is 5.65 Å². The summed E-state index contributed by atoms with van der Waals surface area (Å²) in [5, 5.41) is 22.0. The number of benzene rings is 2. The van der Waals surface area contributed by atoms with Crippen LogP contribution in [0.15, 0.2) is 67.0 Å². The fourth-order valence-corrected chi connectivity index (χ4v) is 4.22. The molecule has 1 aliphatic heterocycles. The van der Waals surface area contributed by atoms with Gasteiger partial charge in [0.05, 0.1) is 5.56 Å². The van der Waals surface area contributed by atoms with Crippen molar-refractivity contribution in [2.75, 3.05) is 11.9 Å². The standard InChI is InChI=1S/C24H22N6/c25-13-21-20-11-12-29(15-19-9-5-2-6-10-19)16-22(20)24-28-27-17-30(24)23(21)26-14-18-7-3-1-4-8-18/h1-10,17,26H,11-12,14-16H2. The van der Waals surface area contributed by atoms with E-state index in [0.29, 0.717) is 12.1 Å². The van der Waals surface area contributed by atoms with E-state index >= 15 is 0 Å². The van der Waals surface area contributed by atoms with Gasteiger partial charge in [-0.15, -0.1) is 10.2 Å². The Balaban J connectivity index is 1.49. The topological polar surface area (TPSA) is 69.2 Å². The minimum Gasteiger partial charge on any atom is -0.366 e. The second-order valence-electron chi connectivity index (χ2n) is 7.60. The quantitative estimate of drug-likeness (QED) is 0.558. The third kappa shape index (κ3) is 3.40. The first-order chi connectivity index (χ1) is 14.8. The van der Waals surface area contributed by atoms with Crippen LogP contribution in [0.3, 0.4) is 0 Å². The van der Waals surface area contributed by atoms with E-state index in [-0.39, 0.29) is 0 Å². The lowest BCUT2D eigenvalue weighted by molar-refractivity contribution is 0.246. The average Bonchev–Trinajstić information content (AvgIpc) is 3.29. The van der Waals surface area contributed by atoms with Crippen LogP contribution in [0.1, 0.15) is 27.8 Å². The summed E-state index contributed by atoms with van der Waals surface area (Å²) in [5.74, 6) is 0.775. The van der Waals surface area contributed by atoms with Gasteiger partial charge in [-0.25, -0.2) is 0 Å². The summed E-state index contributed by atoms with van der Waals surface area (Å²) in [6, 6.07) is 23.1. The predicted molar refractivity (Wildman–Crippen MR) is 116 cm³/mol. The van der Waals surface area contributed by atoms with Crippen molar-refractivity contribution in [2.45, 2.75) is 26.1 Å². The molecule has 0 saturated carbocycles. The molecule has 30 heavy (non-hydrogen) atoms. The number of nitrogens with zero attached hydrogens (tertiary/aromatic N) is 5. The number of pyridine rings is 1. The Morgan fingerprint density at radius 1 is 0.967 bits per heavy atom. The molecule has 0 aliphatic carbocycles. The van der Waals surface area contributed by atoms with Gasteiger partial charge in [-0.1, -0.05) is 60.7 Å². The number of hydrogen-bond donors (Lipinski definition) is 1. The van der Waals surface area contributed by atoms with Crippen LogP contribution in [0.4, 0.5) is 5.82 Å². The Kier molecular flexibility index (Phi) is 4.88. The Labute approximate surface area is 175 Å². The van der Waals surface area contributed by atoms with E-state index in [9.17, 15) is 5.26 Å². The summed E-state index contributed by atoms with van der Waals surface area (Å²) in [5.41, 5.74) is 6.19. The lowest BCUT2D eigenvalue weighted by Gasteiger charge is -2.30. The monoisotopic (exact) mass is 394 g/mol. The Morgan fingerprint density at radius 2 is 1.70 bits per heavy atom. The molecule has 2 aromatic heterocycles. The maximum atomic E-state index is 10.0. The van der Waals surface area contributed by atoms with Crippen molar-refractivity contribution in [3.8, 4) is 6.07 Å². The van der Waals surface area contributed by atoms with E-state index in [2.05, 4.69) is 62.9 Å². The average molecular weight is 394 g/mol. The molecule has 148 valence electrons. The zero-order valence-corrected chi connectivity index (χ0v) is 16.6. The van der Waals surface area contributed by atoms with Gasteiger partial charge in [0.25, 0.3) is 0 Å². The highest BCUT2D eigenvalue weighted by atomic mass is 15.3. The molecule has 0 bridgehead atoms. The summed E-state index contributed by atoms with van der Waals surface area (Å²) in [6.45, 7) is 3.21. The van der Waals surface area contributed by atoms with Crippen LogP contribution in [0.2, 0.25) is 0 Å². The molecule has 6 nitrogen and oxygen atoms in total. The Morgan fingerprint density at radius 3 is 2.43 bits per heavy atom. The van der Waals surface area contributed by atoms with Gasteiger partial charge in [-0.2, -0.15) is 5.26 Å². The van der Waals surface area contributed by atoms with Gasteiger partial charge in [-0.05, 0) is 23.1 Å². The molecular weight excluding hydrogens is 372 g/mol. The first kappa shape index (κ1) is 18.3. The SMILES string of the molecule is N#Cc1c2c(c3nncn3c1NCc1ccccc1)CN(Cc1ccccc1)CC2. The van der Waals surface area contributed by atoms with Crippen molar-refractivity contribution in [2.24, 2.45) is 0 Å². The third-order valence-electron chi connectivity index (χ3n) is 5.68. The van der Waals surface area contributed by atoms with Crippen molar-refractivity contribution < 1.29 is 0 Å². The van der Waals surface area contributed by atoms with Crippen LogP contribution < -0.4 is 5.32 Å². The predicted octanol–water partition coefficient (Wildman–Crippen LogP) is 3.77. The van der Waals surface area contributed by atoms with E-state index < -0.39 is 0 Å². The van der Waals surface area contributed by atoms with Gasteiger partial charge in [0, 0.05) is 31.7 Å². The van der Waals surface area contributed by atoms with Crippen LogP contribution in [0.25, 0.3) is 5.65 Å². The lowest BCUT2D eigenvalue weighted by Crippen LogP contribution is -2.31. The number of hydrogen-bond acceptors (Lipinski definition) is 5. The minimum absolute atomic E-state index is 0.641. The number of nitriles is 1. The highest BCUT2D eigenvalue weighted by molar-refractivity contribution is 5.68. The summed E-state index contributed by atoms with van der Waals surface area (Å²) < 4.78 is 1.92. The minimum atomic E-state index is 0.641. The Bertz CT molecular complexity index is 1210. The van der Waals surface area contributed by atoms with Gasteiger partial charge in [0.1, 0.15) is 18.2 Å². The molecule has 5 rings (SSSR count). The molecule has 2 aromatic carbocycles. The molecule has 0 spiro atoms. The summed E-state index contributed by atoms with van der Waals surface area (Å²) >= 11 is 0. The zero-order valence-electron chi connectivity index (χ0n) is 16.6. The van der Waals surface area contributed by atoms with Crippen LogP contribution in [0, 0.1) is 11.3 Å². The van der Waals surface area contributed by atoms with Gasteiger partial charge >= 0.3 is 0 Å². The summed E-state index contributed by atoms with van der Waals surface area (Å²) in [6.07, 6.45) is 2.52. The Hall–Kier alpha value is -3.69. The second-order valence-corrected chi connectivity index (χ2v) is 7.60. The highest BCUT2D eigenvalue weighted by Crippen LogP contribution is 2.31. The third-order valence-corrected chi connectivity index (χ3v) is 5.68. The molecule has 4 aromatic rings. The molecule has 6 heteroatoms. The van der Waals surface area contributed by atoms with Gasteiger partial charge < -0.3 is 5.32 Å². The smallest absolute Gasteiger partial charge is 0.167 e. The van der Waals surface area contributed by atoms with E-state index in [4.69, 9.17) is 0 Å². The van der Waals surface area contributed by atoms with E-state index in [1.807, 2.05) is 28.7 Å². The van der Waals surface area contributed by atoms with Crippen molar-refractivity contribution >= 4 is 11.5 Å². The first-order valence-electron chi connectivity index (χ1n) is 10.1. The van der Waals surface area contributed by atoms with Crippen molar-refractivity contribution in [3.63, 3.8) is 0 Å². The second kappa shape index (κ2) is 7.97. The summed E-state index contributed by atoms with van der Waals surface area (Å²) in [4.78, 5) is 2.41. The molecule has 0 saturated heterocycles. The van der Waals surface area contributed by atoms with Crippen molar-refractivity contribution in [3.05, 3.63) is 94.8 Å². The number of rotatable bonds is 5. The molecule has 3 heterocycles. The maximum Gasteiger partial charge on any atom is 0.167 e. The lowest BCUT2D eigenvalue weighted by atomic mass is 9.95. The normalized spacial score (nSPS) is 13.7. The van der Waals surface area contributed by atoms with E-state index in [0.717, 1.165) is 54.2 Å². The molecular formula is C24H22N6. The van der Waals surface area contributed by atoms with Gasteiger partial charge in [0.2, 0.25) is 0 Å². The number of anilines is 1. The van der Waals surface area contributed by atoms with Crippen molar-refractivity contribution in [1.82, 2.24) is 19.5 Å². The molecule has 1 N–H and O–H groups in total. The number of fused-ring (bicyclic) bond motifs is 3. The molecule has 0 fully saturated rings. The largest absolute Gasteiger partial charge is 0.366 e. The van der Waals surface area contributed by atoms with E-state index in [1.165, 1.54) is 5.56 Å². The van der Waals surface area contributed by atoms with Gasteiger partial charge in [-0.3, -0.25) is 9.30 Å². The van der Waals surface area contributed by atoms with Crippen molar-refractivity contribution in [1.29, 1.82) is 5.26 Å². The fraction of sp³-hybridized carbons (Fsp3) is 0.208. The fourth-order valence-electron chi connectivity index (χ4n) is 4.22. The molecule has 0 atom stereocenters. The maximum absolute atomic E-state index is 10.0. The van der Waals surface area contributed by atoms with Crippen LogP contribution in [-0.2, 0) is 26.1 Å². The molecule has 0 amide bonds. The van der Waals surface area contributed by atoms with E-state index in [1.54, 1.807) is 6.33 Å². The summed E-state index contributed by atoms with van der Waals surface area (Å²) in [7, 11) is 0. The first-order valence-corrected chi connectivity index (χ1v) is 10.1. The molecule has 0 unspecified atom stereocenters. The number of aromatic nitrogens is 3. The molecule has 1 aliphatic rings. The molecule has 0 radical (unpaired) electrons. The van der Waals surface area contributed by atoms with Crippen LogP contribution >= 0.6 is 0 Å². The highest BCUT2D eigenvalue weighted by Gasteiger charge is 2.26. The van der Waals surface area contributed by atoms with Crippen LogP contribution in [0.5, 0.6) is 0 Å². The van der Waals surface area contributed by atoms with Crippen LogP contribution in [-0.4, -0.2) is 26.0 Å². The number of nitrogens with one attached hydrogen (secondary N) is 1.